The van der Waals surface area contributed by atoms with E-state index in [1.807, 2.05) is 7.11 Å². The van der Waals surface area contributed by atoms with Crippen LogP contribution in [0, 0.1) is 11.3 Å². The molecule has 0 bridgehead atoms. The van der Waals surface area contributed by atoms with E-state index in [0.29, 0.717) is 11.5 Å². The summed E-state index contributed by atoms with van der Waals surface area (Å²) in [4.78, 5) is 0. The molecule has 2 aliphatic carbocycles. The summed E-state index contributed by atoms with van der Waals surface area (Å²) in [5, 5.41) is 3.85. The van der Waals surface area contributed by atoms with E-state index < -0.39 is 0 Å². The molecule has 1 N–H and O–H groups in total. The van der Waals surface area contributed by atoms with Gasteiger partial charge in [0.05, 0.1) is 6.10 Å². The highest BCUT2D eigenvalue weighted by Crippen LogP contribution is 2.37. The van der Waals surface area contributed by atoms with Gasteiger partial charge < -0.3 is 10.1 Å². The second-order valence-corrected chi connectivity index (χ2v) is 7.46. The molecular formula is C16H31NO. The zero-order valence-corrected chi connectivity index (χ0v) is 12.7. The minimum Gasteiger partial charge on any atom is -0.381 e. The van der Waals surface area contributed by atoms with Crippen molar-refractivity contribution in [3.8, 4) is 0 Å². The van der Waals surface area contributed by atoms with Gasteiger partial charge in [-0.2, -0.15) is 0 Å². The van der Waals surface area contributed by atoms with Crippen LogP contribution in [0.15, 0.2) is 0 Å². The van der Waals surface area contributed by atoms with Crippen molar-refractivity contribution in [2.24, 2.45) is 11.3 Å². The Hall–Kier alpha value is -0.0800. The molecule has 0 spiro atoms. The number of ether oxygens (including phenoxy) is 1. The van der Waals surface area contributed by atoms with E-state index in [4.69, 9.17) is 4.74 Å². The quantitative estimate of drug-likeness (QED) is 0.774. The first kappa shape index (κ1) is 14.3. The van der Waals surface area contributed by atoms with Crippen LogP contribution in [0.5, 0.6) is 0 Å². The summed E-state index contributed by atoms with van der Waals surface area (Å²) in [6, 6.07) is 1.49. The summed E-state index contributed by atoms with van der Waals surface area (Å²) in [6.45, 7) is 7.21. The van der Waals surface area contributed by atoms with Crippen LogP contribution in [-0.2, 0) is 4.74 Å². The number of hydrogen-bond acceptors (Lipinski definition) is 2. The van der Waals surface area contributed by atoms with Gasteiger partial charge in [0.1, 0.15) is 0 Å². The van der Waals surface area contributed by atoms with Crippen molar-refractivity contribution in [2.45, 2.75) is 83.9 Å². The molecule has 0 aliphatic heterocycles. The van der Waals surface area contributed by atoms with Crippen molar-refractivity contribution in [1.29, 1.82) is 0 Å². The van der Waals surface area contributed by atoms with E-state index in [1.165, 1.54) is 44.9 Å². The summed E-state index contributed by atoms with van der Waals surface area (Å²) in [6.07, 6.45) is 9.94. The van der Waals surface area contributed by atoms with Crippen molar-refractivity contribution in [1.82, 2.24) is 5.32 Å². The summed E-state index contributed by atoms with van der Waals surface area (Å²) in [5.74, 6) is 0.914. The molecule has 0 heterocycles. The highest BCUT2D eigenvalue weighted by Gasteiger charge is 2.32. The fourth-order valence-electron chi connectivity index (χ4n) is 3.56. The van der Waals surface area contributed by atoms with Gasteiger partial charge >= 0.3 is 0 Å². The van der Waals surface area contributed by atoms with Gasteiger partial charge in [-0.1, -0.05) is 27.2 Å². The van der Waals surface area contributed by atoms with Crippen LogP contribution in [0.4, 0.5) is 0 Å². The van der Waals surface area contributed by atoms with Crippen LogP contribution in [0.1, 0.15) is 65.7 Å². The molecule has 2 atom stereocenters. The lowest BCUT2D eigenvalue weighted by Crippen LogP contribution is -2.49. The SMILES string of the molecule is COC1CC(NC2CCCC(C(C)(C)C)CC2)C1. The molecule has 106 valence electrons. The summed E-state index contributed by atoms with van der Waals surface area (Å²) in [5.41, 5.74) is 0.493. The lowest BCUT2D eigenvalue weighted by molar-refractivity contribution is 0.0136. The van der Waals surface area contributed by atoms with E-state index in [2.05, 4.69) is 26.1 Å². The van der Waals surface area contributed by atoms with Gasteiger partial charge in [-0.3, -0.25) is 0 Å². The molecule has 0 radical (unpaired) electrons. The van der Waals surface area contributed by atoms with E-state index >= 15 is 0 Å². The molecule has 0 aromatic carbocycles. The average Bonchev–Trinajstić information content (AvgIpc) is 2.47. The third-order valence-electron chi connectivity index (χ3n) is 5.09. The largest absolute Gasteiger partial charge is 0.381 e. The Kier molecular flexibility index (Phi) is 4.71. The first-order chi connectivity index (χ1) is 8.49. The van der Waals surface area contributed by atoms with Crippen molar-refractivity contribution in [2.75, 3.05) is 7.11 Å². The van der Waals surface area contributed by atoms with Crippen LogP contribution in [0.25, 0.3) is 0 Å². The molecule has 18 heavy (non-hydrogen) atoms. The highest BCUT2D eigenvalue weighted by atomic mass is 16.5. The predicted molar refractivity (Wildman–Crippen MR) is 76.8 cm³/mol. The summed E-state index contributed by atoms with van der Waals surface area (Å²) < 4.78 is 5.35. The van der Waals surface area contributed by atoms with Crippen molar-refractivity contribution < 1.29 is 4.74 Å². The number of methoxy groups -OCH3 is 1. The summed E-state index contributed by atoms with van der Waals surface area (Å²) in [7, 11) is 1.83. The van der Waals surface area contributed by atoms with Crippen LogP contribution in [-0.4, -0.2) is 25.3 Å². The van der Waals surface area contributed by atoms with Gasteiger partial charge in [0.2, 0.25) is 0 Å². The standard InChI is InChI=1S/C16H31NO/c1-16(2,3)12-6-5-7-13(9-8-12)17-14-10-15(11-14)18-4/h12-15,17H,5-11H2,1-4H3. The average molecular weight is 253 g/mol. The van der Waals surface area contributed by atoms with Gasteiger partial charge in [0, 0.05) is 19.2 Å². The Morgan fingerprint density at radius 3 is 2.28 bits per heavy atom. The van der Waals surface area contributed by atoms with Crippen molar-refractivity contribution in [3.63, 3.8) is 0 Å². The maximum atomic E-state index is 5.35. The minimum atomic E-state index is 0.493. The van der Waals surface area contributed by atoms with E-state index in [-0.39, 0.29) is 0 Å². The van der Waals surface area contributed by atoms with Crippen molar-refractivity contribution in [3.05, 3.63) is 0 Å². The molecule has 2 saturated carbocycles. The molecule has 2 rings (SSSR count). The Bertz CT molecular complexity index is 252. The monoisotopic (exact) mass is 253 g/mol. The normalized spacial score (nSPS) is 38.0. The Morgan fingerprint density at radius 1 is 0.944 bits per heavy atom. The molecule has 0 aromatic heterocycles. The van der Waals surface area contributed by atoms with Gasteiger partial charge in [0.15, 0.2) is 0 Å². The highest BCUT2D eigenvalue weighted by molar-refractivity contribution is 4.89. The van der Waals surface area contributed by atoms with Crippen LogP contribution < -0.4 is 5.32 Å². The molecule has 0 aromatic rings. The first-order valence-electron chi connectivity index (χ1n) is 7.78. The number of nitrogens with one attached hydrogen (secondary N) is 1. The zero-order valence-electron chi connectivity index (χ0n) is 12.7. The maximum absolute atomic E-state index is 5.35. The Labute approximate surface area is 113 Å². The zero-order chi connectivity index (χ0) is 13.2. The fraction of sp³-hybridized carbons (Fsp3) is 1.00. The first-order valence-corrected chi connectivity index (χ1v) is 7.78. The van der Waals surface area contributed by atoms with Gasteiger partial charge in [-0.15, -0.1) is 0 Å². The van der Waals surface area contributed by atoms with Gasteiger partial charge in [-0.05, 0) is 49.9 Å². The van der Waals surface area contributed by atoms with E-state index in [9.17, 15) is 0 Å². The Morgan fingerprint density at radius 2 is 1.67 bits per heavy atom. The minimum absolute atomic E-state index is 0.493. The van der Waals surface area contributed by atoms with Gasteiger partial charge in [-0.25, -0.2) is 0 Å². The molecule has 2 unspecified atom stereocenters. The molecule has 2 heteroatoms. The van der Waals surface area contributed by atoms with E-state index in [1.54, 1.807) is 0 Å². The molecule has 2 fully saturated rings. The molecule has 0 amide bonds. The topological polar surface area (TPSA) is 21.3 Å². The lowest BCUT2D eigenvalue weighted by atomic mass is 9.76. The molecule has 2 nitrogen and oxygen atoms in total. The molecular weight excluding hydrogens is 222 g/mol. The van der Waals surface area contributed by atoms with Crippen LogP contribution in [0.3, 0.4) is 0 Å². The predicted octanol–water partition coefficient (Wildman–Crippen LogP) is 3.75. The number of hydrogen-bond donors (Lipinski definition) is 1. The summed E-state index contributed by atoms with van der Waals surface area (Å²) >= 11 is 0. The molecule has 2 aliphatic rings. The second kappa shape index (κ2) is 5.92. The van der Waals surface area contributed by atoms with Gasteiger partial charge in [0.25, 0.3) is 0 Å². The molecule has 0 saturated heterocycles. The van der Waals surface area contributed by atoms with E-state index in [0.717, 1.165) is 18.0 Å². The third-order valence-corrected chi connectivity index (χ3v) is 5.09. The second-order valence-electron chi connectivity index (χ2n) is 7.46. The fourth-order valence-corrected chi connectivity index (χ4v) is 3.56. The lowest BCUT2D eigenvalue weighted by Gasteiger charge is -2.37. The third kappa shape index (κ3) is 3.71. The van der Waals surface area contributed by atoms with Crippen molar-refractivity contribution >= 4 is 0 Å². The van der Waals surface area contributed by atoms with Crippen LogP contribution >= 0.6 is 0 Å². The van der Waals surface area contributed by atoms with Crippen LogP contribution in [0.2, 0.25) is 0 Å². The smallest absolute Gasteiger partial charge is 0.0601 e. The number of rotatable bonds is 3. The maximum Gasteiger partial charge on any atom is 0.0601 e. The Balaban J connectivity index is 1.73.